The summed E-state index contributed by atoms with van der Waals surface area (Å²) in [4.78, 5) is 48.5. The van der Waals surface area contributed by atoms with Gasteiger partial charge in [0, 0.05) is 18.7 Å². The quantitative estimate of drug-likeness (QED) is 0.557. The number of ether oxygens (including phenoxy) is 1. The number of hydrogen-bond donors (Lipinski definition) is 2. The Bertz CT molecular complexity index is 1070. The molecule has 3 N–H and O–H groups in total. The van der Waals surface area contributed by atoms with Crippen molar-refractivity contribution in [2.24, 2.45) is 5.73 Å². The first kappa shape index (κ1) is 23.0. The summed E-state index contributed by atoms with van der Waals surface area (Å²) in [5.41, 5.74) is 6.08. The third-order valence-corrected chi connectivity index (χ3v) is 5.30. The molecule has 2 aromatic rings. The molecule has 0 atom stereocenters. The fraction of sp³-hybridized carbons (Fsp3) is 0.182. The summed E-state index contributed by atoms with van der Waals surface area (Å²) in [5.74, 6) is -1.46. The molecular weight excluding hydrogens is 437 g/mol. The highest BCUT2D eigenvalue weighted by Gasteiger charge is 2.34. The largest absolute Gasteiger partial charge is 0.484 e. The Kier molecular flexibility index (Phi) is 7.61. The maximum atomic E-state index is 13.8. The monoisotopic (exact) mass is 457 g/mol. The summed E-state index contributed by atoms with van der Waals surface area (Å²) in [6, 6.07) is 12.5. The molecule has 32 heavy (non-hydrogen) atoms. The van der Waals surface area contributed by atoms with Crippen molar-refractivity contribution in [2.75, 3.05) is 19.7 Å². The van der Waals surface area contributed by atoms with Crippen molar-refractivity contribution in [2.45, 2.75) is 6.42 Å². The molecule has 0 unspecified atom stereocenters. The lowest BCUT2D eigenvalue weighted by Gasteiger charge is -2.13. The molecule has 0 aliphatic carbocycles. The molecule has 10 heteroatoms. The number of hydrogen-bond acceptors (Lipinski definition) is 6. The maximum absolute atomic E-state index is 13.8. The highest BCUT2D eigenvalue weighted by atomic mass is 32.2. The van der Waals surface area contributed by atoms with Crippen LogP contribution in [0.5, 0.6) is 5.75 Å². The molecule has 3 rings (SSSR count). The summed E-state index contributed by atoms with van der Waals surface area (Å²) < 4.78 is 19.1. The number of nitrogens with two attached hydrogens (primary N) is 1. The van der Waals surface area contributed by atoms with E-state index in [1.807, 2.05) is 0 Å². The minimum atomic E-state index is -0.537. The van der Waals surface area contributed by atoms with Gasteiger partial charge in [0.1, 0.15) is 11.6 Å². The molecule has 0 bridgehead atoms. The second kappa shape index (κ2) is 10.6. The van der Waals surface area contributed by atoms with Crippen LogP contribution in [-0.4, -0.2) is 47.6 Å². The molecule has 0 spiro atoms. The van der Waals surface area contributed by atoms with Gasteiger partial charge in [0.2, 0.25) is 5.91 Å². The van der Waals surface area contributed by atoms with Gasteiger partial charge in [0.25, 0.3) is 17.1 Å². The van der Waals surface area contributed by atoms with Gasteiger partial charge >= 0.3 is 0 Å². The van der Waals surface area contributed by atoms with Crippen molar-refractivity contribution in [1.29, 1.82) is 0 Å². The van der Waals surface area contributed by atoms with Gasteiger partial charge in [-0.1, -0.05) is 30.3 Å². The standard InChI is InChI=1S/C22H20FN3O5S/c23-17-4-2-1-3-15(17)12-18-21(29)26(22(30)32-18)10-9-25-20(28)13-31-16-7-5-14(6-8-16)11-19(24)27/h1-8,12H,9-11,13H2,(H2,24,27)(H,25,28)/b18-12-. The van der Waals surface area contributed by atoms with Gasteiger partial charge in [-0.05, 0) is 41.6 Å². The Hall–Kier alpha value is -3.66. The van der Waals surface area contributed by atoms with Gasteiger partial charge in [0.15, 0.2) is 6.61 Å². The lowest BCUT2D eigenvalue weighted by molar-refractivity contribution is -0.125. The van der Waals surface area contributed by atoms with E-state index in [1.54, 1.807) is 30.3 Å². The minimum Gasteiger partial charge on any atom is -0.484 e. The van der Waals surface area contributed by atoms with Crippen LogP contribution in [0.15, 0.2) is 53.4 Å². The fourth-order valence-electron chi connectivity index (χ4n) is 2.84. The first-order valence-electron chi connectivity index (χ1n) is 9.60. The summed E-state index contributed by atoms with van der Waals surface area (Å²) in [5, 5.41) is 2.09. The molecule has 0 aromatic heterocycles. The molecule has 4 amide bonds. The Morgan fingerprint density at radius 2 is 1.84 bits per heavy atom. The van der Waals surface area contributed by atoms with Gasteiger partial charge in [-0.15, -0.1) is 0 Å². The second-order valence-corrected chi connectivity index (χ2v) is 7.77. The van der Waals surface area contributed by atoms with Gasteiger partial charge in [-0.2, -0.15) is 0 Å². The third kappa shape index (κ3) is 6.17. The van der Waals surface area contributed by atoms with E-state index in [2.05, 4.69) is 5.32 Å². The third-order valence-electron chi connectivity index (χ3n) is 4.39. The number of nitrogens with zero attached hydrogens (tertiary/aromatic N) is 1. The van der Waals surface area contributed by atoms with Gasteiger partial charge < -0.3 is 15.8 Å². The Labute approximate surface area is 187 Å². The smallest absolute Gasteiger partial charge is 0.293 e. The SMILES string of the molecule is NC(=O)Cc1ccc(OCC(=O)NCCN2C(=O)S/C(=C\c3ccccc3F)C2=O)cc1. The normalized spacial score (nSPS) is 14.7. The van der Waals surface area contributed by atoms with E-state index >= 15 is 0 Å². The zero-order valence-corrected chi connectivity index (χ0v) is 17.7. The van der Waals surface area contributed by atoms with E-state index < -0.39 is 28.8 Å². The molecule has 0 radical (unpaired) electrons. The van der Waals surface area contributed by atoms with Crippen molar-refractivity contribution in [3.05, 3.63) is 70.4 Å². The maximum Gasteiger partial charge on any atom is 0.293 e. The van der Waals surface area contributed by atoms with Gasteiger partial charge in [-0.3, -0.25) is 24.1 Å². The van der Waals surface area contributed by atoms with Crippen LogP contribution < -0.4 is 15.8 Å². The van der Waals surface area contributed by atoms with Gasteiger partial charge in [0.05, 0.1) is 11.3 Å². The van der Waals surface area contributed by atoms with E-state index in [4.69, 9.17) is 10.5 Å². The summed E-state index contributed by atoms with van der Waals surface area (Å²) in [7, 11) is 0. The van der Waals surface area contributed by atoms with Crippen LogP contribution in [0.25, 0.3) is 6.08 Å². The zero-order valence-electron chi connectivity index (χ0n) is 16.9. The predicted molar refractivity (Wildman–Crippen MR) is 117 cm³/mol. The highest BCUT2D eigenvalue weighted by molar-refractivity contribution is 8.18. The minimum absolute atomic E-state index is 0.0210. The average Bonchev–Trinajstić information content (AvgIpc) is 3.02. The Morgan fingerprint density at radius 1 is 1.12 bits per heavy atom. The number of carbonyl (C=O) groups excluding carboxylic acids is 4. The molecule has 2 aromatic carbocycles. The molecule has 1 aliphatic heterocycles. The molecule has 0 saturated carbocycles. The molecular formula is C22H20FN3O5S. The number of imide groups is 1. The summed E-state index contributed by atoms with van der Waals surface area (Å²) in [6.45, 7) is -0.234. The van der Waals surface area contributed by atoms with Crippen molar-refractivity contribution in [3.63, 3.8) is 0 Å². The molecule has 8 nitrogen and oxygen atoms in total. The topological polar surface area (TPSA) is 119 Å². The van der Waals surface area contributed by atoms with Gasteiger partial charge in [-0.25, -0.2) is 4.39 Å². The number of carbonyl (C=O) groups is 4. The van der Waals surface area contributed by atoms with Crippen molar-refractivity contribution < 1.29 is 28.3 Å². The molecule has 1 aliphatic rings. The van der Waals surface area contributed by atoms with Crippen LogP contribution in [-0.2, 0) is 20.8 Å². The molecule has 1 fully saturated rings. The lowest BCUT2D eigenvalue weighted by atomic mass is 10.1. The molecule has 1 heterocycles. The Balaban J connectivity index is 1.45. The van der Waals surface area contributed by atoms with Crippen LogP contribution in [0.4, 0.5) is 9.18 Å². The van der Waals surface area contributed by atoms with Crippen LogP contribution >= 0.6 is 11.8 Å². The average molecular weight is 457 g/mol. The second-order valence-electron chi connectivity index (χ2n) is 6.78. The van der Waals surface area contributed by atoms with E-state index in [0.29, 0.717) is 5.75 Å². The zero-order chi connectivity index (χ0) is 23.1. The number of primary amides is 1. The summed E-state index contributed by atoms with van der Waals surface area (Å²) >= 11 is 0.722. The number of nitrogens with one attached hydrogen (secondary N) is 1. The van der Waals surface area contributed by atoms with Crippen LogP contribution in [0.3, 0.4) is 0 Å². The first-order valence-corrected chi connectivity index (χ1v) is 10.4. The van der Waals surface area contributed by atoms with E-state index in [-0.39, 0.29) is 36.6 Å². The summed E-state index contributed by atoms with van der Waals surface area (Å²) in [6.07, 6.45) is 1.45. The van der Waals surface area contributed by atoms with Crippen LogP contribution in [0, 0.1) is 5.82 Å². The number of benzene rings is 2. The van der Waals surface area contributed by atoms with Crippen LogP contribution in [0.2, 0.25) is 0 Å². The lowest BCUT2D eigenvalue weighted by Crippen LogP contribution is -2.38. The number of thioether (sulfide) groups is 1. The van der Waals surface area contributed by atoms with Crippen molar-refractivity contribution >= 4 is 40.8 Å². The van der Waals surface area contributed by atoms with E-state index in [1.165, 1.54) is 24.3 Å². The number of amides is 4. The van der Waals surface area contributed by atoms with Crippen LogP contribution in [0.1, 0.15) is 11.1 Å². The molecule has 166 valence electrons. The number of halogens is 1. The van der Waals surface area contributed by atoms with Crippen molar-refractivity contribution in [1.82, 2.24) is 10.2 Å². The first-order chi connectivity index (χ1) is 15.3. The predicted octanol–water partition coefficient (Wildman–Crippen LogP) is 2.08. The Morgan fingerprint density at radius 3 is 2.53 bits per heavy atom. The van der Waals surface area contributed by atoms with Crippen molar-refractivity contribution in [3.8, 4) is 5.75 Å². The fourth-order valence-corrected chi connectivity index (χ4v) is 3.69. The highest BCUT2D eigenvalue weighted by Crippen LogP contribution is 2.32. The van der Waals surface area contributed by atoms with E-state index in [9.17, 15) is 23.6 Å². The van der Waals surface area contributed by atoms with E-state index in [0.717, 1.165) is 22.2 Å². The molecule has 1 saturated heterocycles. The number of rotatable bonds is 9.